The van der Waals surface area contributed by atoms with Crippen LogP contribution < -0.4 is 5.32 Å². The van der Waals surface area contributed by atoms with Gasteiger partial charge in [-0.25, -0.2) is 4.98 Å². The van der Waals surface area contributed by atoms with E-state index in [9.17, 15) is 0 Å². The summed E-state index contributed by atoms with van der Waals surface area (Å²) in [6, 6.07) is 8.09. The summed E-state index contributed by atoms with van der Waals surface area (Å²) in [5.41, 5.74) is 3.06. The van der Waals surface area contributed by atoms with Crippen LogP contribution in [0.3, 0.4) is 0 Å². The normalized spacial score (nSPS) is 14.0. The minimum Gasteiger partial charge on any atom is -0.330 e. The molecule has 4 aromatic rings. The quantitative estimate of drug-likeness (QED) is 0.592. The van der Waals surface area contributed by atoms with Crippen molar-refractivity contribution >= 4 is 5.65 Å². The fourth-order valence-electron chi connectivity index (χ4n) is 3.49. The minimum atomic E-state index is 0.867. The molecule has 5 heterocycles. The first-order valence-electron chi connectivity index (χ1n) is 8.96. The van der Waals surface area contributed by atoms with Crippen molar-refractivity contribution < 1.29 is 0 Å². The van der Waals surface area contributed by atoms with Crippen molar-refractivity contribution in [3.05, 3.63) is 54.4 Å². The average Bonchev–Trinajstić information content (AvgIpc) is 3.39. The second-order valence-electron chi connectivity index (χ2n) is 6.51. The van der Waals surface area contributed by atoms with Gasteiger partial charge in [0, 0.05) is 44.6 Å². The van der Waals surface area contributed by atoms with Crippen LogP contribution in [-0.2, 0) is 26.1 Å². The van der Waals surface area contributed by atoms with E-state index in [-0.39, 0.29) is 0 Å². The maximum absolute atomic E-state index is 4.72. The number of aryl methyl sites for hydroxylation is 2. The van der Waals surface area contributed by atoms with Crippen LogP contribution in [0.5, 0.6) is 0 Å². The molecule has 0 saturated carbocycles. The van der Waals surface area contributed by atoms with Gasteiger partial charge in [-0.15, -0.1) is 10.2 Å². The van der Waals surface area contributed by atoms with Crippen LogP contribution in [0.4, 0.5) is 0 Å². The fraction of sp³-hybridized carbons (Fsp3) is 0.333. The highest BCUT2D eigenvalue weighted by Gasteiger charge is 2.16. The third-order valence-corrected chi connectivity index (χ3v) is 4.80. The molecule has 0 spiro atoms. The van der Waals surface area contributed by atoms with Gasteiger partial charge in [0.15, 0.2) is 11.5 Å². The number of hydrogen-bond donors (Lipinski definition) is 1. The summed E-state index contributed by atoms with van der Waals surface area (Å²) in [6.07, 6.45) is 7.71. The van der Waals surface area contributed by atoms with Gasteiger partial charge in [0.2, 0.25) is 0 Å². The van der Waals surface area contributed by atoms with E-state index in [0.717, 1.165) is 62.0 Å². The van der Waals surface area contributed by atoms with E-state index in [2.05, 4.69) is 35.8 Å². The van der Waals surface area contributed by atoms with Gasteiger partial charge in [0.25, 0.3) is 0 Å². The van der Waals surface area contributed by atoms with Crippen LogP contribution in [0.2, 0.25) is 0 Å². The summed E-state index contributed by atoms with van der Waals surface area (Å²) in [7, 11) is 0. The molecule has 8 nitrogen and oxygen atoms in total. The van der Waals surface area contributed by atoms with E-state index in [1.807, 2.05) is 41.2 Å². The van der Waals surface area contributed by atoms with E-state index in [0.29, 0.717) is 0 Å². The number of fused-ring (bicyclic) bond motifs is 2. The third kappa shape index (κ3) is 2.68. The van der Waals surface area contributed by atoms with E-state index in [1.54, 1.807) is 0 Å². The number of hydrogen-bond acceptors (Lipinski definition) is 5. The van der Waals surface area contributed by atoms with Crippen molar-refractivity contribution in [2.75, 3.05) is 6.54 Å². The zero-order chi connectivity index (χ0) is 17.3. The van der Waals surface area contributed by atoms with Crippen molar-refractivity contribution in [2.24, 2.45) is 0 Å². The van der Waals surface area contributed by atoms with Crippen LogP contribution in [0.25, 0.3) is 17.2 Å². The molecule has 8 heteroatoms. The van der Waals surface area contributed by atoms with Crippen molar-refractivity contribution in [1.29, 1.82) is 0 Å². The maximum Gasteiger partial charge on any atom is 0.160 e. The number of pyridine rings is 1. The van der Waals surface area contributed by atoms with E-state index >= 15 is 0 Å². The third-order valence-electron chi connectivity index (χ3n) is 4.80. The molecule has 0 unspecified atom stereocenters. The molecule has 1 aliphatic rings. The monoisotopic (exact) mass is 348 g/mol. The Morgan fingerprint density at radius 3 is 3.12 bits per heavy atom. The van der Waals surface area contributed by atoms with Crippen LogP contribution in [0.1, 0.15) is 17.9 Å². The summed E-state index contributed by atoms with van der Waals surface area (Å²) in [6.45, 7) is 3.62. The van der Waals surface area contributed by atoms with Crippen molar-refractivity contribution in [3.8, 4) is 11.5 Å². The molecule has 0 aromatic carbocycles. The van der Waals surface area contributed by atoms with Gasteiger partial charge in [-0.3, -0.25) is 9.08 Å². The molecule has 0 radical (unpaired) electrons. The number of imidazole rings is 1. The molecule has 0 aliphatic carbocycles. The van der Waals surface area contributed by atoms with Crippen molar-refractivity contribution in [1.82, 2.24) is 39.2 Å². The molecular formula is C18H20N8. The molecule has 0 saturated heterocycles. The highest BCUT2D eigenvalue weighted by atomic mass is 15.3. The Labute approximate surface area is 150 Å². The highest BCUT2D eigenvalue weighted by molar-refractivity contribution is 5.50. The Kier molecular flexibility index (Phi) is 3.75. The predicted molar refractivity (Wildman–Crippen MR) is 96.5 cm³/mol. The highest BCUT2D eigenvalue weighted by Crippen LogP contribution is 2.19. The van der Waals surface area contributed by atoms with Crippen molar-refractivity contribution in [2.45, 2.75) is 32.5 Å². The molecule has 0 fully saturated rings. The molecule has 4 aromatic heterocycles. The van der Waals surface area contributed by atoms with Crippen molar-refractivity contribution in [3.63, 3.8) is 0 Å². The van der Waals surface area contributed by atoms with E-state index < -0.39 is 0 Å². The number of nitrogens with one attached hydrogen (secondary N) is 1. The Morgan fingerprint density at radius 2 is 2.15 bits per heavy atom. The Balaban J connectivity index is 1.31. The first-order chi connectivity index (χ1) is 12.9. The van der Waals surface area contributed by atoms with E-state index in [4.69, 9.17) is 5.10 Å². The smallest absolute Gasteiger partial charge is 0.160 e. The molecule has 5 rings (SSSR count). The topological polar surface area (TPSA) is 77.9 Å². The van der Waals surface area contributed by atoms with Gasteiger partial charge in [-0.2, -0.15) is 5.10 Å². The van der Waals surface area contributed by atoms with Crippen LogP contribution >= 0.6 is 0 Å². The Bertz CT molecular complexity index is 1020. The molecule has 26 heavy (non-hydrogen) atoms. The summed E-state index contributed by atoms with van der Waals surface area (Å²) in [5, 5.41) is 16.6. The van der Waals surface area contributed by atoms with Crippen LogP contribution in [-0.4, -0.2) is 40.5 Å². The molecule has 0 amide bonds. The first kappa shape index (κ1) is 15.3. The standard InChI is InChI=1S/C18H20N8/c1-2-9-25-16(4-1)21-22-17(25)5-3-8-24-10-7-20-18(24)15-12-14-13-19-6-11-26(14)23-15/h1-2,4,7,9-10,12,19H,3,5-6,8,11,13H2. The lowest BCUT2D eigenvalue weighted by Crippen LogP contribution is -2.28. The summed E-state index contributed by atoms with van der Waals surface area (Å²) < 4.78 is 6.30. The van der Waals surface area contributed by atoms with Gasteiger partial charge < -0.3 is 9.88 Å². The second kappa shape index (κ2) is 6.38. The summed E-state index contributed by atoms with van der Waals surface area (Å²) in [5.74, 6) is 1.92. The second-order valence-corrected chi connectivity index (χ2v) is 6.51. The number of aromatic nitrogens is 7. The molecule has 0 atom stereocenters. The lowest BCUT2D eigenvalue weighted by molar-refractivity contribution is 0.476. The van der Waals surface area contributed by atoms with Crippen LogP contribution in [0.15, 0.2) is 42.9 Å². The van der Waals surface area contributed by atoms with Gasteiger partial charge in [-0.05, 0) is 24.6 Å². The predicted octanol–water partition coefficient (Wildman–Crippen LogP) is 1.53. The lowest BCUT2D eigenvalue weighted by atomic mass is 10.2. The summed E-state index contributed by atoms with van der Waals surface area (Å²) >= 11 is 0. The largest absolute Gasteiger partial charge is 0.330 e. The van der Waals surface area contributed by atoms with Crippen LogP contribution in [0, 0.1) is 0 Å². The van der Waals surface area contributed by atoms with E-state index in [1.165, 1.54) is 5.69 Å². The average molecular weight is 348 g/mol. The molecule has 132 valence electrons. The Hall–Kier alpha value is -3.00. The van der Waals surface area contributed by atoms with Gasteiger partial charge in [-0.1, -0.05) is 6.07 Å². The molecule has 0 bridgehead atoms. The zero-order valence-electron chi connectivity index (χ0n) is 14.4. The number of rotatable bonds is 5. The lowest BCUT2D eigenvalue weighted by Gasteiger charge is -2.13. The maximum atomic E-state index is 4.72. The van der Waals surface area contributed by atoms with Gasteiger partial charge >= 0.3 is 0 Å². The minimum absolute atomic E-state index is 0.867. The van der Waals surface area contributed by atoms with Gasteiger partial charge in [0.05, 0.1) is 12.2 Å². The van der Waals surface area contributed by atoms with Gasteiger partial charge in [0.1, 0.15) is 11.5 Å². The molecule has 1 N–H and O–H groups in total. The SMILES string of the molecule is c1ccn2c(CCCn3ccnc3-c3cc4n(n3)CCNC4)nnc2c1. The summed E-state index contributed by atoms with van der Waals surface area (Å²) in [4.78, 5) is 4.53. The molecule has 1 aliphatic heterocycles. The Morgan fingerprint density at radius 1 is 1.15 bits per heavy atom. The number of nitrogens with zero attached hydrogens (tertiary/aromatic N) is 7. The fourth-order valence-corrected chi connectivity index (χ4v) is 3.49. The molecular weight excluding hydrogens is 328 g/mol. The first-order valence-corrected chi connectivity index (χ1v) is 8.96. The zero-order valence-corrected chi connectivity index (χ0v) is 14.4.